The third-order valence-electron chi connectivity index (χ3n) is 5.28. The molecule has 130 valence electrons. The number of nitrogens with zero attached hydrogens (tertiary/aromatic N) is 1. The molecule has 0 bridgehead atoms. The van der Waals surface area contributed by atoms with E-state index in [1.807, 2.05) is 0 Å². The molecule has 2 heterocycles. The molecule has 0 aromatic carbocycles. The summed E-state index contributed by atoms with van der Waals surface area (Å²) in [4.78, 5) is 4.72. The number of fused-ring (bicyclic) bond motifs is 1. The van der Waals surface area contributed by atoms with Gasteiger partial charge in [-0.15, -0.1) is 0 Å². The van der Waals surface area contributed by atoms with Gasteiger partial charge in [-0.3, -0.25) is 0 Å². The predicted octanol–water partition coefficient (Wildman–Crippen LogP) is 5.71. The van der Waals surface area contributed by atoms with Crippen LogP contribution in [-0.4, -0.2) is 17.2 Å². The minimum Gasteiger partial charge on any atom is -0.370 e. The van der Waals surface area contributed by atoms with Crippen LogP contribution in [0.4, 0.5) is 10.2 Å². The molecule has 2 rings (SSSR count). The molecular formula is C20H33FN2. The Morgan fingerprint density at radius 2 is 2.13 bits per heavy atom. The Balaban J connectivity index is 1.78. The molecule has 2 nitrogen and oxygen atoms in total. The van der Waals surface area contributed by atoms with Crippen molar-refractivity contribution in [3.63, 3.8) is 0 Å². The maximum Gasteiger partial charge on any atom is 0.129 e. The van der Waals surface area contributed by atoms with Gasteiger partial charge in [0.25, 0.3) is 0 Å². The molecule has 3 heteroatoms. The first-order chi connectivity index (χ1) is 11.1. The Morgan fingerprint density at radius 3 is 2.87 bits per heavy atom. The number of aryl methyl sites for hydroxylation is 2. The zero-order chi connectivity index (χ0) is 16.7. The van der Waals surface area contributed by atoms with Gasteiger partial charge < -0.3 is 5.32 Å². The Hall–Kier alpha value is -1.12. The highest BCUT2D eigenvalue weighted by molar-refractivity contribution is 5.46. The summed E-state index contributed by atoms with van der Waals surface area (Å²) in [7, 11) is 0. The van der Waals surface area contributed by atoms with Gasteiger partial charge in [0.2, 0.25) is 0 Å². The third-order valence-corrected chi connectivity index (χ3v) is 5.28. The topological polar surface area (TPSA) is 24.9 Å². The summed E-state index contributed by atoms with van der Waals surface area (Å²) in [6.07, 6.45) is 8.94. The fourth-order valence-corrected chi connectivity index (χ4v) is 3.77. The van der Waals surface area contributed by atoms with Crippen LogP contribution in [0.25, 0.3) is 0 Å². The lowest BCUT2D eigenvalue weighted by Gasteiger charge is -2.29. The zero-order valence-corrected chi connectivity index (χ0v) is 15.1. The van der Waals surface area contributed by atoms with Crippen LogP contribution in [-0.2, 0) is 12.8 Å². The highest BCUT2D eigenvalue weighted by atomic mass is 19.1. The van der Waals surface area contributed by atoms with Gasteiger partial charge in [0, 0.05) is 12.2 Å². The van der Waals surface area contributed by atoms with E-state index in [1.54, 1.807) is 6.92 Å². The summed E-state index contributed by atoms with van der Waals surface area (Å²) in [6, 6.07) is 4.35. The van der Waals surface area contributed by atoms with E-state index in [-0.39, 0.29) is 5.92 Å². The predicted molar refractivity (Wildman–Crippen MR) is 96.8 cm³/mol. The van der Waals surface area contributed by atoms with Crippen molar-refractivity contribution in [1.29, 1.82) is 0 Å². The first kappa shape index (κ1) is 18.2. The van der Waals surface area contributed by atoms with Crippen molar-refractivity contribution >= 4 is 5.82 Å². The number of aromatic nitrogens is 1. The number of nitrogens with one attached hydrogen (secondary N) is 1. The molecule has 1 aliphatic heterocycles. The number of halogens is 1. The van der Waals surface area contributed by atoms with Gasteiger partial charge in [0.1, 0.15) is 11.5 Å². The zero-order valence-electron chi connectivity index (χ0n) is 15.1. The second-order valence-electron chi connectivity index (χ2n) is 7.22. The van der Waals surface area contributed by atoms with E-state index in [1.165, 1.54) is 12.0 Å². The fraction of sp³-hybridized carbons (Fsp3) is 0.750. The lowest BCUT2D eigenvalue weighted by atomic mass is 9.81. The van der Waals surface area contributed by atoms with Crippen molar-refractivity contribution in [3.8, 4) is 0 Å². The van der Waals surface area contributed by atoms with Gasteiger partial charge >= 0.3 is 0 Å². The molecule has 0 saturated carbocycles. The molecule has 1 aromatic rings. The molecule has 0 radical (unpaired) electrons. The molecule has 1 aromatic heterocycles. The lowest BCUT2D eigenvalue weighted by molar-refractivity contribution is 0.0786. The van der Waals surface area contributed by atoms with E-state index < -0.39 is 5.67 Å². The van der Waals surface area contributed by atoms with E-state index in [9.17, 15) is 4.39 Å². The van der Waals surface area contributed by atoms with Gasteiger partial charge in [0.05, 0.1) is 0 Å². The average molecular weight is 320 g/mol. The van der Waals surface area contributed by atoms with Crippen LogP contribution in [0.5, 0.6) is 0 Å². The maximum absolute atomic E-state index is 14.9. The van der Waals surface area contributed by atoms with E-state index >= 15 is 0 Å². The highest BCUT2D eigenvalue weighted by Gasteiger charge is 2.31. The third kappa shape index (κ3) is 5.19. The Kier molecular flexibility index (Phi) is 6.86. The molecule has 1 aliphatic rings. The van der Waals surface area contributed by atoms with Gasteiger partial charge in [-0.1, -0.05) is 32.8 Å². The summed E-state index contributed by atoms with van der Waals surface area (Å²) in [5.74, 6) is 1.27. The molecule has 23 heavy (non-hydrogen) atoms. The highest BCUT2D eigenvalue weighted by Crippen LogP contribution is 2.33. The van der Waals surface area contributed by atoms with E-state index in [4.69, 9.17) is 4.98 Å². The van der Waals surface area contributed by atoms with Gasteiger partial charge in [0.15, 0.2) is 0 Å². The monoisotopic (exact) mass is 320 g/mol. The summed E-state index contributed by atoms with van der Waals surface area (Å²) in [6.45, 7) is 7.09. The molecule has 0 spiro atoms. The Labute approximate surface area is 141 Å². The second-order valence-corrected chi connectivity index (χ2v) is 7.22. The lowest BCUT2D eigenvalue weighted by Crippen LogP contribution is -2.29. The van der Waals surface area contributed by atoms with Gasteiger partial charge in [-0.25, -0.2) is 9.37 Å². The van der Waals surface area contributed by atoms with Crippen LogP contribution in [0.2, 0.25) is 0 Å². The van der Waals surface area contributed by atoms with Crippen molar-refractivity contribution in [2.24, 2.45) is 5.92 Å². The minimum atomic E-state index is -1.02. The van der Waals surface area contributed by atoms with Crippen LogP contribution in [0, 0.1) is 5.92 Å². The SMILES string of the molecule is CCCC(CC)C(C)(F)CCCCc1ccc2c(n1)NCCC2. The quantitative estimate of drug-likeness (QED) is 0.590. The first-order valence-electron chi connectivity index (χ1n) is 9.48. The number of anilines is 1. The van der Waals surface area contributed by atoms with Crippen LogP contribution < -0.4 is 5.32 Å². The molecular weight excluding hydrogens is 287 g/mol. The number of hydrogen-bond donors (Lipinski definition) is 1. The average Bonchev–Trinajstić information content (AvgIpc) is 2.56. The van der Waals surface area contributed by atoms with Crippen LogP contribution in [0.15, 0.2) is 12.1 Å². The van der Waals surface area contributed by atoms with Crippen molar-refractivity contribution in [2.75, 3.05) is 11.9 Å². The maximum atomic E-state index is 14.9. The van der Waals surface area contributed by atoms with E-state index in [0.717, 1.165) is 63.0 Å². The summed E-state index contributed by atoms with van der Waals surface area (Å²) >= 11 is 0. The summed E-state index contributed by atoms with van der Waals surface area (Å²) < 4.78 is 14.9. The molecule has 1 N–H and O–H groups in total. The second kappa shape index (κ2) is 8.65. The smallest absolute Gasteiger partial charge is 0.129 e. The van der Waals surface area contributed by atoms with Crippen molar-refractivity contribution < 1.29 is 4.39 Å². The largest absolute Gasteiger partial charge is 0.370 e. The number of unbranched alkanes of at least 4 members (excludes halogenated alkanes) is 1. The normalized spacial score (nSPS) is 17.9. The molecule has 0 saturated heterocycles. The molecule has 2 atom stereocenters. The Bertz CT molecular complexity index is 485. The minimum absolute atomic E-state index is 0.207. The van der Waals surface area contributed by atoms with Crippen molar-refractivity contribution in [2.45, 2.75) is 84.2 Å². The molecule has 2 unspecified atom stereocenters. The summed E-state index contributed by atoms with van der Waals surface area (Å²) in [5, 5.41) is 3.38. The number of hydrogen-bond acceptors (Lipinski definition) is 2. The van der Waals surface area contributed by atoms with Crippen LogP contribution >= 0.6 is 0 Å². The standard InChI is InChI=1S/C20H33FN2/c1-4-9-17(5-2)20(3,21)14-7-6-11-18-13-12-16-10-8-15-22-19(16)23-18/h12-13,17H,4-11,14-15H2,1-3H3,(H,22,23). The van der Waals surface area contributed by atoms with Gasteiger partial charge in [-0.05, 0) is 69.4 Å². The molecule has 0 aliphatic carbocycles. The van der Waals surface area contributed by atoms with Crippen molar-refractivity contribution in [3.05, 3.63) is 23.4 Å². The summed E-state index contributed by atoms with van der Waals surface area (Å²) in [5.41, 5.74) is 1.45. The first-order valence-corrected chi connectivity index (χ1v) is 9.48. The van der Waals surface area contributed by atoms with Gasteiger partial charge in [-0.2, -0.15) is 0 Å². The van der Waals surface area contributed by atoms with Crippen LogP contribution in [0.1, 0.15) is 77.0 Å². The molecule has 0 fully saturated rings. The fourth-order valence-electron chi connectivity index (χ4n) is 3.77. The Morgan fingerprint density at radius 1 is 1.30 bits per heavy atom. The number of rotatable bonds is 9. The molecule has 0 amide bonds. The van der Waals surface area contributed by atoms with E-state index in [2.05, 4.69) is 31.3 Å². The number of pyridine rings is 1. The van der Waals surface area contributed by atoms with E-state index in [0.29, 0.717) is 6.42 Å². The van der Waals surface area contributed by atoms with Crippen LogP contribution in [0.3, 0.4) is 0 Å². The van der Waals surface area contributed by atoms with Crippen molar-refractivity contribution in [1.82, 2.24) is 4.98 Å². The number of alkyl halides is 1.